The third-order valence-corrected chi connectivity index (χ3v) is 6.77. The van der Waals surface area contributed by atoms with Gasteiger partial charge in [0.2, 0.25) is 5.41 Å². The molecule has 0 radical (unpaired) electrons. The number of hydrogen-bond donors (Lipinski definition) is 1. The Balaban J connectivity index is 2.23. The number of nitrogens with two attached hydrogens (primary N) is 1. The highest BCUT2D eigenvalue weighted by Crippen LogP contribution is 2.57. The number of hydrogen-bond acceptors (Lipinski definition) is 6. The molecule has 0 aromatic heterocycles. The summed E-state index contributed by atoms with van der Waals surface area (Å²) in [5.41, 5.74) is 6.94. The Kier molecular flexibility index (Phi) is 5.66. The highest BCUT2D eigenvalue weighted by molar-refractivity contribution is 5.89. The lowest BCUT2D eigenvalue weighted by Gasteiger charge is -2.46. The maximum Gasteiger partial charge on any atom is 0.337 e. The Hall–Kier alpha value is -3.56. The molecule has 0 heterocycles. The van der Waals surface area contributed by atoms with Crippen molar-refractivity contribution in [3.63, 3.8) is 0 Å². The zero-order valence-electron chi connectivity index (χ0n) is 18.3. The Morgan fingerprint density at radius 3 is 2.26 bits per heavy atom. The number of carbonyl (C=O) groups is 1. The van der Waals surface area contributed by atoms with Crippen molar-refractivity contribution >= 4 is 5.97 Å². The van der Waals surface area contributed by atoms with E-state index in [0.717, 1.165) is 18.4 Å². The van der Waals surface area contributed by atoms with Gasteiger partial charge >= 0.3 is 5.97 Å². The molecule has 0 saturated carbocycles. The van der Waals surface area contributed by atoms with Crippen molar-refractivity contribution in [3.05, 3.63) is 58.3 Å². The van der Waals surface area contributed by atoms with Gasteiger partial charge in [-0.2, -0.15) is 15.8 Å². The average molecular weight is 415 g/mol. The number of fused-ring (bicyclic) bond motifs is 1. The van der Waals surface area contributed by atoms with Gasteiger partial charge in [0.05, 0.1) is 42.2 Å². The average Bonchev–Trinajstić information content (AvgIpc) is 2.77. The van der Waals surface area contributed by atoms with Crippen molar-refractivity contribution in [3.8, 4) is 18.2 Å². The highest BCUT2D eigenvalue weighted by Gasteiger charge is 2.53. The maximum absolute atomic E-state index is 11.8. The molecule has 1 aromatic rings. The molecule has 0 bridgehead atoms. The van der Waals surface area contributed by atoms with Crippen LogP contribution < -0.4 is 5.73 Å². The molecule has 2 N–H and O–H groups in total. The molecule has 3 rings (SSSR count). The van der Waals surface area contributed by atoms with Crippen LogP contribution in [0, 0.1) is 56.7 Å². The largest absolute Gasteiger partial charge is 0.465 e. The molecule has 31 heavy (non-hydrogen) atoms. The molecule has 2 aliphatic carbocycles. The summed E-state index contributed by atoms with van der Waals surface area (Å²) in [7, 11) is 1.32. The highest BCUT2D eigenvalue weighted by atomic mass is 16.5. The third kappa shape index (κ3) is 3.47. The predicted octanol–water partition coefficient (Wildman–Crippen LogP) is 4.34. The van der Waals surface area contributed by atoms with Crippen LogP contribution in [0.5, 0.6) is 0 Å². The molecule has 158 valence electrons. The molecule has 1 aromatic carbocycles. The molecule has 0 amide bonds. The third-order valence-electron chi connectivity index (χ3n) is 6.77. The summed E-state index contributed by atoms with van der Waals surface area (Å²) in [5, 5.41) is 30.0. The minimum atomic E-state index is -1.62. The first-order chi connectivity index (χ1) is 14.6. The molecule has 1 unspecified atom stereocenters. The fourth-order valence-corrected chi connectivity index (χ4v) is 4.88. The van der Waals surface area contributed by atoms with Gasteiger partial charge in [0.25, 0.3) is 0 Å². The topological polar surface area (TPSA) is 124 Å². The van der Waals surface area contributed by atoms with E-state index >= 15 is 0 Å². The van der Waals surface area contributed by atoms with Crippen LogP contribution in [0.2, 0.25) is 0 Å². The van der Waals surface area contributed by atoms with Crippen molar-refractivity contribution in [1.82, 2.24) is 0 Å². The fourth-order valence-electron chi connectivity index (χ4n) is 4.88. The Morgan fingerprint density at radius 2 is 1.77 bits per heavy atom. The number of esters is 1. The van der Waals surface area contributed by atoms with Crippen LogP contribution >= 0.6 is 0 Å². The van der Waals surface area contributed by atoms with E-state index < -0.39 is 11.4 Å². The lowest BCUT2D eigenvalue weighted by Crippen LogP contribution is -2.43. The zero-order valence-corrected chi connectivity index (χ0v) is 18.3. The maximum atomic E-state index is 11.8. The van der Waals surface area contributed by atoms with E-state index in [9.17, 15) is 20.6 Å². The van der Waals surface area contributed by atoms with Gasteiger partial charge in [-0.25, -0.2) is 4.79 Å². The summed E-state index contributed by atoms with van der Waals surface area (Å²) >= 11 is 0. The van der Waals surface area contributed by atoms with E-state index in [1.807, 2.05) is 6.08 Å². The number of benzene rings is 1. The summed E-state index contributed by atoms with van der Waals surface area (Å²) < 4.78 is 4.77. The van der Waals surface area contributed by atoms with Crippen molar-refractivity contribution in [1.29, 1.82) is 15.8 Å². The van der Waals surface area contributed by atoms with Gasteiger partial charge in [-0.3, -0.25) is 0 Å². The smallest absolute Gasteiger partial charge is 0.337 e. The summed E-state index contributed by atoms with van der Waals surface area (Å²) in [6, 6.07) is 13.3. The van der Waals surface area contributed by atoms with Crippen LogP contribution in [0.4, 0.5) is 0 Å². The first kappa shape index (κ1) is 22.1. The summed E-state index contributed by atoms with van der Waals surface area (Å²) in [6.45, 7) is 6.53. The number of carbonyl (C=O) groups excluding carboxylic acids is 1. The van der Waals surface area contributed by atoms with Crippen LogP contribution in [0.1, 0.15) is 55.5 Å². The van der Waals surface area contributed by atoms with Crippen LogP contribution in [0.25, 0.3) is 0 Å². The second-order valence-electron chi connectivity index (χ2n) is 9.30. The monoisotopic (exact) mass is 414 g/mol. The van der Waals surface area contributed by atoms with E-state index in [0.29, 0.717) is 17.1 Å². The predicted molar refractivity (Wildman–Crippen MR) is 115 cm³/mol. The Morgan fingerprint density at radius 1 is 1.16 bits per heavy atom. The number of methoxy groups -OCH3 is 1. The summed E-state index contributed by atoms with van der Waals surface area (Å²) in [4.78, 5) is 11.8. The van der Waals surface area contributed by atoms with Gasteiger partial charge in [-0.05, 0) is 53.4 Å². The second kappa shape index (κ2) is 7.93. The van der Waals surface area contributed by atoms with Crippen molar-refractivity contribution < 1.29 is 9.53 Å². The number of nitrogens with zero attached hydrogens (tertiary/aromatic N) is 3. The molecule has 3 atom stereocenters. The van der Waals surface area contributed by atoms with Gasteiger partial charge in [-0.15, -0.1) is 0 Å². The van der Waals surface area contributed by atoms with E-state index in [1.165, 1.54) is 7.11 Å². The first-order valence-corrected chi connectivity index (χ1v) is 10.3. The van der Waals surface area contributed by atoms with E-state index in [1.54, 1.807) is 24.3 Å². The molecular weight excluding hydrogens is 388 g/mol. The summed E-state index contributed by atoms with van der Waals surface area (Å²) in [6.07, 6.45) is 3.49. The minimum Gasteiger partial charge on any atom is -0.465 e. The SMILES string of the molecule is COC(=O)c1ccc([C@H]2C(C#N)=C(N)C(C#N)(C#N)C3=CCC(C(C)(C)C)C[C@@H]32)cc1. The van der Waals surface area contributed by atoms with Gasteiger partial charge in [-0.1, -0.05) is 39.0 Å². The van der Waals surface area contributed by atoms with Gasteiger partial charge in [0, 0.05) is 5.92 Å². The standard InChI is InChI=1S/C25H26N4O2/c1-24(2,3)17-9-10-20-18(11-17)21(15-5-7-16(8-6-15)23(30)31-4)19(12-26)22(29)25(20,13-27)14-28/h5-8,10,17-18,21H,9,11,29H2,1-4H3/t17?,18-,21+/m0/s1. The molecule has 6 nitrogen and oxygen atoms in total. The Bertz CT molecular complexity index is 1070. The van der Waals surface area contributed by atoms with Crippen LogP contribution in [0.3, 0.4) is 0 Å². The number of rotatable bonds is 2. The number of nitriles is 3. The number of ether oxygens (including phenoxy) is 1. The van der Waals surface area contributed by atoms with Crippen molar-refractivity contribution in [2.75, 3.05) is 7.11 Å². The molecule has 0 saturated heterocycles. The molecular formula is C25H26N4O2. The normalized spacial score (nSPS) is 24.7. The molecule has 6 heteroatoms. The molecule has 2 aliphatic rings. The second-order valence-corrected chi connectivity index (χ2v) is 9.30. The zero-order chi connectivity index (χ0) is 23.0. The fraction of sp³-hybridized carbons (Fsp3) is 0.440. The summed E-state index contributed by atoms with van der Waals surface area (Å²) in [5.74, 6) is -0.705. The van der Waals surface area contributed by atoms with Crippen LogP contribution in [-0.2, 0) is 4.74 Å². The molecule has 0 spiro atoms. The lowest BCUT2D eigenvalue weighted by atomic mass is 9.55. The van der Waals surface area contributed by atoms with E-state index in [-0.39, 0.29) is 28.5 Å². The van der Waals surface area contributed by atoms with Crippen LogP contribution in [0.15, 0.2) is 47.2 Å². The molecule has 0 fully saturated rings. The van der Waals surface area contributed by atoms with Gasteiger partial charge < -0.3 is 10.5 Å². The van der Waals surface area contributed by atoms with Crippen LogP contribution in [-0.4, -0.2) is 13.1 Å². The quantitative estimate of drug-likeness (QED) is 0.567. The first-order valence-electron chi connectivity index (χ1n) is 10.3. The molecule has 0 aliphatic heterocycles. The lowest BCUT2D eigenvalue weighted by molar-refractivity contribution is 0.0600. The van der Waals surface area contributed by atoms with Crippen molar-refractivity contribution in [2.45, 2.75) is 39.5 Å². The van der Waals surface area contributed by atoms with E-state index in [4.69, 9.17) is 10.5 Å². The van der Waals surface area contributed by atoms with Gasteiger partial charge in [0.15, 0.2) is 0 Å². The number of allylic oxidation sites excluding steroid dienone is 3. The minimum absolute atomic E-state index is 0.0127. The van der Waals surface area contributed by atoms with Gasteiger partial charge in [0.1, 0.15) is 0 Å². The van der Waals surface area contributed by atoms with Crippen molar-refractivity contribution in [2.24, 2.45) is 28.4 Å². The Labute approximate surface area is 183 Å². The van der Waals surface area contributed by atoms with E-state index in [2.05, 4.69) is 39.0 Å².